The van der Waals surface area contributed by atoms with Gasteiger partial charge in [0.25, 0.3) is 0 Å². The molecule has 8 heteroatoms. The van der Waals surface area contributed by atoms with Crippen LogP contribution in [0.4, 0.5) is 34.9 Å². The highest BCUT2D eigenvalue weighted by molar-refractivity contribution is 5.80. The van der Waals surface area contributed by atoms with Gasteiger partial charge in [0.1, 0.15) is 0 Å². The summed E-state index contributed by atoms with van der Waals surface area (Å²) in [6.45, 7) is 6.26. The van der Waals surface area contributed by atoms with Gasteiger partial charge in [0, 0.05) is 30.2 Å². The van der Waals surface area contributed by atoms with Gasteiger partial charge in [-0.3, -0.25) is 0 Å². The molecule has 1 heterocycles. The Labute approximate surface area is 199 Å². The first-order valence-electron chi connectivity index (χ1n) is 11.3. The molecule has 3 aromatic carbocycles. The van der Waals surface area contributed by atoms with Gasteiger partial charge in [-0.25, -0.2) is 5.43 Å². The van der Waals surface area contributed by atoms with Crippen LogP contribution in [0, 0.1) is 0 Å². The van der Waals surface area contributed by atoms with Crippen LogP contribution in [0.25, 0.3) is 0 Å². The molecule has 0 radical (unpaired) electrons. The smallest absolute Gasteiger partial charge is 0.250 e. The van der Waals surface area contributed by atoms with E-state index in [2.05, 4.69) is 67.0 Å². The molecule has 4 aromatic rings. The molecular formula is C26H28N8. The van der Waals surface area contributed by atoms with E-state index < -0.39 is 0 Å². The number of aromatic nitrogens is 3. The van der Waals surface area contributed by atoms with Crippen LogP contribution in [-0.4, -0.2) is 34.3 Å². The van der Waals surface area contributed by atoms with Crippen molar-refractivity contribution in [1.82, 2.24) is 15.0 Å². The third kappa shape index (κ3) is 6.29. The first kappa shape index (κ1) is 22.7. The summed E-state index contributed by atoms with van der Waals surface area (Å²) < 4.78 is 0. The van der Waals surface area contributed by atoms with E-state index in [0.29, 0.717) is 17.8 Å². The van der Waals surface area contributed by atoms with E-state index in [-0.39, 0.29) is 0 Å². The molecule has 0 saturated carbocycles. The first-order valence-corrected chi connectivity index (χ1v) is 11.3. The third-order valence-corrected chi connectivity index (χ3v) is 5.10. The van der Waals surface area contributed by atoms with Gasteiger partial charge >= 0.3 is 0 Å². The fourth-order valence-electron chi connectivity index (χ4n) is 3.36. The number of anilines is 6. The van der Waals surface area contributed by atoms with Crippen molar-refractivity contribution in [2.75, 3.05) is 34.0 Å². The average Bonchev–Trinajstić information content (AvgIpc) is 2.87. The Morgan fingerprint density at radius 2 is 1.18 bits per heavy atom. The summed E-state index contributed by atoms with van der Waals surface area (Å²) in [5, 5.41) is 10.7. The van der Waals surface area contributed by atoms with E-state index in [0.717, 1.165) is 30.0 Å². The molecule has 0 spiro atoms. The fourth-order valence-corrected chi connectivity index (χ4v) is 3.36. The van der Waals surface area contributed by atoms with E-state index in [1.165, 1.54) is 5.69 Å². The van der Waals surface area contributed by atoms with Crippen molar-refractivity contribution in [3.63, 3.8) is 0 Å². The Balaban J connectivity index is 1.51. The molecule has 0 saturated heterocycles. The van der Waals surface area contributed by atoms with Crippen LogP contribution in [0.3, 0.4) is 0 Å². The Hall–Kier alpha value is -4.46. The summed E-state index contributed by atoms with van der Waals surface area (Å²) in [7, 11) is 0. The molecule has 34 heavy (non-hydrogen) atoms. The number of nitrogens with one attached hydrogen (secondary N) is 3. The van der Waals surface area contributed by atoms with E-state index in [1.54, 1.807) is 6.21 Å². The first-order chi connectivity index (χ1) is 16.7. The fraction of sp³-hybridized carbons (Fsp3) is 0.154. The highest BCUT2D eigenvalue weighted by atomic mass is 15.4. The van der Waals surface area contributed by atoms with Crippen molar-refractivity contribution < 1.29 is 0 Å². The number of hydrogen-bond donors (Lipinski definition) is 3. The van der Waals surface area contributed by atoms with E-state index in [9.17, 15) is 0 Å². The van der Waals surface area contributed by atoms with Crippen LogP contribution in [-0.2, 0) is 0 Å². The second-order valence-corrected chi connectivity index (χ2v) is 7.42. The highest BCUT2D eigenvalue weighted by Crippen LogP contribution is 2.19. The van der Waals surface area contributed by atoms with Crippen LogP contribution < -0.4 is 21.0 Å². The monoisotopic (exact) mass is 452 g/mol. The Kier molecular flexibility index (Phi) is 7.63. The SMILES string of the molecule is CCN(CC)c1ccc(C=NNc2nc(Nc3ccccc3)nc(Nc3ccccc3)n2)cc1. The van der Waals surface area contributed by atoms with Gasteiger partial charge in [-0.05, 0) is 55.8 Å². The van der Waals surface area contributed by atoms with Gasteiger partial charge in [0.15, 0.2) is 0 Å². The van der Waals surface area contributed by atoms with Crippen LogP contribution in [0.5, 0.6) is 0 Å². The van der Waals surface area contributed by atoms with Crippen LogP contribution in [0.2, 0.25) is 0 Å². The minimum atomic E-state index is 0.322. The van der Waals surface area contributed by atoms with Crippen LogP contribution in [0.15, 0.2) is 90.0 Å². The van der Waals surface area contributed by atoms with Crippen molar-refractivity contribution in [2.45, 2.75) is 13.8 Å². The summed E-state index contributed by atoms with van der Waals surface area (Å²) in [4.78, 5) is 15.7. The molecule has 0 bridgehead atoms. The largest absolute Gasteiger partial charge is 0.372 e. The van der Waals surface area contributed by atoms with Gasteiger partial charge in [0.2, 0.25) is 17.8 Å². The molecular weight excluding hydrogens is 424 g/mol. The lowest BCUT2D eigenvalue weighted by molar-refractivity contribution is 0.866. The van der Waals surface area contributed by atoms with Crippen molar-refractivity contribution in [1.29, 1.82) is 0 Å². The maximum Gasteiger partial charge on any atom is 0.250 e. The van der Waals surface area contributed by atoms with E-state index in [1.807, 2.05) is 72.8 Å². The van der Waals surface area contributed by atoms with E-state index in [4.69, 9.17) is 0 Å². The predicted molar refractivity (Wildman–Crippen MR) is 140 cm³/mol. The van der Waals surface area contributed by atoms with Crippen molar-refractivity contribution in [3.8, 4) is 0 Å². The Morgan fingerprint density at radius 3 is 1.68 bits per heavy atom. The molecule has 1 aromatic heterocycles. The summed E-state index contributed by atoms with van der Waals surface area (Å²) in [5.41, 5.74) is 6.85. The molecule has 3 N–H and O–H groups in total. The number of hydrazone groups is 1. The lowest BCUT2D eigenvalue weighted by atomic mass is 10.2. The lowest BCUT2D eigenvalue weighted by Crippen LogP contribution is -2.21. The zero-order chi connectivity index (χ0) is 23.6. The Bertz CT molecular complexity index is 1130. The third-order valence-electron chi connectivity index (χ3n) is 5.10. The number of benzene rings is 3. The topological polar surface area (TPSA) is 90.4 Å². The summed E-state index contributed by atoms with van der Waals surface area (Å²) in [6, 6.07) is 27.8. The molecule has 172 valence electrons. The minimum absolute atomic E-state index is 0.322. The Morgan fingerprint density at radius 1 is 0.676 bits per heavy atom. The van der Waals surface area contributed by atoms with Gasteiger partial charge in [-0.2, -0.15) is 20.1 Å². The lowest BCUT2D eigenvalue weighted by Gasteiger charge is -2.20. The maximum absolute atomic E-state index is 4.49. The number of rotatable bonds is 10. The number of nitrogens with zero attached hydrogens (tertiary/aromatic N) is 5. The summed E-state index contributed by atoms with van der Waals surface area (Å²) in [6.07, 6.45) is 1.74. The van der Waals surface area contributed by atoms with E-state index >= 15 is 0 Å². The van der Waals surface area contributed by atoms with Gasteiger partial charge in [0.05, 0.1) is 6.21 Å². The molecule has 0 atom stereocenters. The van der Waals surface area contributed by atoms with Crippen molar-refractivity contribution in [2.24, 2.45) is 5.10 Å². The second kappa shape index (κ2) is 11.4. The van der Waals surface area contributed by atoms with Gasteiger partial charge < -0.3 is 15.5 Å². The highest BCUT2D eigenvalue weighted by Gasteiger charge is 2.07. The molecule has 0 fully saturated rings. The summed E-state index contributed by atoms with van der Waals surface area (Å²) >= 11 is 0. The minimum Gasteiger partial charge on any atom is -0.372 e. The van der Waals surface area contributed by atoms with Gasteiger partial charge in [-0.1, -0.05) is 48.5 Å². The quantitative estimate of drug-likeness (QED) is 0.211. The molecule has 0 aliphatic carbocycles. The standard InChI is InChI=1S/C26H28N8/c1-3-34(4-2)23-17-15-20(16-18-23)19-27-33-26-31-24(28-21-11-7-5-8-12-21)30-25(32-26)29-22-13-9-6-10-14-22/h5-19H,3-4H2,1-2H3,(H3,28,29,30,31,32,33). The zero-order valence-electron chi connectivity index (χ0n) is 19.3. The molecule has 0 unspecified atom stereocenters. The van der Waals surface area contributed by atoms with Gasteiger partial charge in [-0.15, -0.1) is 0 Å². The van der Waals surface area contributed by atoms with Crippen molar-refractivity contribution >= 4 is 41.1 Å². The van der Waals surface area contributed by atoms with Crippen molar-refractivity contribution in [3.05, 3.63) is 90.5 Å². The molecule has 0 aliphatic rings. The molecule has 4 rings (SSSR count). The normalized spacial score (nSPS) is 10.8. The molecule has 8 nitrogen and oxygen atoms in total. The van der Waals surface area contributed by atoms with Crippen LogP contribution >= 0.6 is 0 Å². The van der Waals surface area contributed by atoms with Crippen LogP contribution in [0.1, 0.15) is 19.4 Å². The average molecular weight is 453 g/mol. The maximum atomic E-state index is 4.49. The molecule has 0 amide bonds. The predicted octanol–water partition coefficient (Wildman–Crippen LogP) is 5.65. The number of hydrogen-bond acceptors (Lipinski definition) is 8. The molecule has 0 aliphatic heterocycles. The number of para-hydroxylation sites is 2. The zero-order valence-corrected chi connectivity index (χ0v) is 19.3. The summed E-state index contributed by atoms with van der Waals surface area (Å²) in [5.74, 6) is 1.13. The second-order valence-electron chi connectivity index (χ2n) is 7.42.